The van der Waals surface area contributed by atoms with E-state index < -0.39 is 15.9 Å². The SMILES string of the molecule is C=CCN1CCC[C@@H]1CNC(=O)c1cc(S(N)(=O)=O)cc(OC)c1OC. The summed E-state index contributed by atoms with van der Waals surface area (Å²) in [7, 11) is -1.26. The summed E-state index contributed by atoms with van der Waals surface area (Å²) < 4.78 is 33.8. The summed E-state index contributed by atoms with van der Waals surface area (Å²) in [6.45, 7) is 5.92. The number of primary sulfonamides is 1. The molecular weight excluding hydrogens is 358 g/mol. The molecule has 1 saturated heterocycles. The molecule has 2 rings (SSSR count). The van der Waals surface area contributed by atoms with Crippen LogP contribution in [-0.2, 0) is 10.0 Å². The number of methoxy groups -OCH3 is 2. The predicted molar refractivity (Wildman–Crippen MR) is 98.0 cm³/mol. The van der Waals surface area contributed by atoms with E-state index in [4.69, 9.17) is 14.6 Å². The molecule has 3 N–H and O–H groups in total. The smallest absolute Gasteiger partial charge is 0.255 e. The fourth-order valence-corrected chi connectivity index (χ4v) is 3.66. The molecule has 144 valence electrons. The van der Waals surface area contributed by atoms with E-state index in [0.29, 0.717) is 6.54 Å². The van der Waals surface area contributed by atoms with E-state index >= 15 is 0 Å². The lowest BCUT2D eigenvalue weighted by molar-refractivity contribution is 0.0938. The first kappa shape index (κ1) is 20.2. The Hall–Kier alpha value is -2.10. The first-order valence-electron chi connectivity index (χ1n) is 8.23. The second-order valence-corrected chi connectivity index (χ2v) is 7.60. The van der Waals surface area contributed by atoms with Crippen molar-refractivity contribution in [2.45, 2.75) is 23.8 Å². The Morgan fingerprint density at radius 2 is 2.15 bits per heavy atom. The van der Waals surface area contributed by atoms with Crippen LogP contribution in [0.5, 0.6) is 11.5 Å². The highest BCUT2D eigenvalue weighted by Gasteiger charge is 2.26. The van der Waals surface area contributed by atoms with Crippen LogP contribution in [0.2, 0.25) is 0 Å². The van der Waals surface area contributed by atoms with Crippen LogP contribution >= 0.6 is 0 Å². The number of sulfonamides is 1. The maximum absolute atomic E-state index is 12.7. The van der Waals surface area contributed by atoms with Crippen LogP contribution in [0.25, 0.3) is 0 Å². The van der Waals surface area contributed by atoms with Crippen LogP contribution in [0.4, 0.5) is 0 Å². The monoisotopic (exact) mass is 383 g/mol. The molecule has 0 aromatic heterocycles. The number of amides is 1. The lowest BCUT2D eigenvalue weighted by Gasteiger charge is -2.23. The van der Waals surface area contributed by atoms with Crippen molar-refractivity contribution in [2.24, 2.45) is 5.14 Å². The average Bonchev–Trinajstić information content (AvgIpc) is 3.05. The van der Waals surface area contributed by atoms with Crippen molar-refractivity contribution >= 4 is 15.9 Å². The minimum Gasteiger partial charge on any atom is -0.493 e. The maximum Gasteiger partial charge on any atom is 0.255 e. The van der Waals surface area contributed by atoms with Crippen molar-refractivity contribution in [2.75, 3.05) is 33.9 Å². The number of likely N-dealkylation sites (tertiary alicyclic amines) is 1. The van der Waals surface area contributed by atoms with Gasteiger partial charge >= 0.3 is 0 Å². The van der Waals surface area contributed by atoms with Crippen LogP contribution in [0, 0.1) is 0 Å². The Morgan fingerprint density at radius 1 is 1.42 bits per heavy atom. The van der Waals surface area contributed by atoms with E-state index in [1.54, 1.807) is 0 Å². The molecule has 1 aromatic rings. The van der Waals surface area contributed by atoms with Crippen LogP contribution in [-0.4, -0.2) is 59.1 Å². The highest BCUT2D eigenvalue weighted by atomic mass is 32.2. The number of rotatable bonds is 8. The molecule has 1 aliphatic rings. The fourth-order valence-electron chi connectivity index (χ4n) is 3.11. The zero-order valence-corrected chi connectivity index (χ0v) is 15.8. The summed E-state index contributed by atoms with van der Waals surface area (Å²) in [6, 6.07) is 2.64. The summed E-state index contributed by atoms with van der Waals surface area (Å²) in [5, 5.41) is 8.04. The lowest BCUT2D eigenvalue weighted by atomic mass is 10.1. The summed E-state index contributed by atoms with van der Waals surface area (Å²) >= 11 is 0. The van der Waals surface area contributed by atoms with E-state index in [0.717, 1.165) is 25.9 Å². The molecule has 1 aromatic carbocycles. The van der Waals surface area contributed by atoms with Gasteiger partial charge in [0, 0.05) is 25.2 Å². The summed E-state index contributed by atoms with van der Waals surface area (Å²) in [6.07, 6.45) is 3.88. The molecule has 1 amide bonds. The van der Waals surface area contributed by atoms with E-state index in [9.17, 15) is 13.2 Å². The summed E-state index contributed by atoms with van der Waals surface area (Å²) in [5.41, 5.74) is 0.0594. The van der Waals surface area contributed by atoms with Gasteiger partial charge in [0.2, 0.25) is 10.0 Å². The van der Waals surface area contributed by atoms with Gasteiger partial charge in [-0.25, -0.2) is 13.6 Å². The largest absolute Gasteiger partial charge is 0.493 e. The number of carbonyl (C=O) groups excluding carboxylic acids is 1. The minimum absolute atomic E-state index is 0.0594. The molecule has 0 unspecified atom stereocenters. The average molecular weight is 383 g/mol. The quantitative estimate of drug-likeness (QED) is 0.640. The van der Waals surface area contributed by atoms with Crippen molar-refractivity contribution in [1.82, 2.24) is 10.2 Å². The number of hydrogen-bond acceptors (Lipinski definition) is 6. The highest BCUT2D eigenvalue weighted by molar-refractivity contribution is 7.89. The standard InChI is InChI=1S/C17H25N3O5S/c1-4-7-20-8-5-6-12(20)11-19-17(21)14-9-13(26(18,22)23)10-15(24-2)16(14)25-3/h4,9-10,12H,1,5-8,11H2,2-3H3,(H,19,21)(H2,18,22,23)/t12-/m1/s1. The first-order chi connectivity index (χ1) is 12.3. The van der Waals surface area contributed by atoms with Gasteiger partial charge in [-0.1, -0.05) is 6.08 Å². The Labute approximate surface area is 154 Å². The molecule has 1 fully saturated rings. The molecule has 1 heterocycles. The predicted octanol–water partition coefficient (Wildman–Crippen LogP) is 0.731. The highest BCUT2D eigenvalue weighted by Crippen LogP contribution is 2.34. The molecule has 8 nitrogen and oxygen atoms in total. The maximum atomic E-state index is 12.7. The Morgan fingerprint density at radius 3 is 2.73 bits per heavy atom. The van der Waals surface area contributed by atoms with Crippen molar-refractivity contribution in [3.8, 4) is 11.5 Å². The molecule has 0 bridgehead atoms. The van der Waals surface area contributed by atoms with Gasteiger partial charge in [-0.3, -0.25) is 9.69 Å². The molecule has 1 aliphatic heterocycles. The van der Waals surface area contributed by atoms with E-state index in [-0.39, 0.29) is 28.0 Å². The first-order valence-corrected chi connectivity index (χ1v) is 9.78. The number of carbonyl (C=O) groups is 1. The molecule has 0 spiro atoms. The summed E-state index contributed by atoms with van der Waals surface area (Å²) in [5.74, 6) is -0.166. The van der Waals surface area contributed by atoms with Crippen molar-refractivity contribution < 1.29 is 22.7 Å². The molecule has 0 saturated carbocycles. The van der Waals surface area contributed by atoms with Gasteiger partial charge < -0.3 is 14.8 Å². The van der Waals surface area contributed by atoms with Crippen molar-refractivity contribution in [3.63, 3.8) is 0 Å². The van der Waals surface area contributed by atoms with E-state index in [1.165, 1.54) is 26.4 Å². The van der Waals surface area contributed by atoms with Crippen molar-refractivity contribution in [1.29, 1.82) is 0 Å². The number of hydrogen-bond donors (Lipinski definition) is 2. The second-order valence-electron chi connectivity index (χ2n) is 6.04. The zero-order chi connectivity index (χ0) is 19.3. The Bertz CT molecular complexity index is 779. The third kappa shape index (κ3) is 4.54. The van der Waals surface area contributed by atoms with E-state index in [1.807, 2.05) is 6.08 Å². The van der Waals surface area contributed by atoms with Crippen LogP contribution in [0.3, 0.4) is 0 Å². The molecule has 0 aliphatic carbocycles. The van der Waals surface area contributed by atoms with Crippen LogP contribution < -0.4 is 19.9 Å². The Kier molecular flexibility index (Phi) is 6.63. The number of ether oxygens (including phenoxy) is 2. The molecule has 9 heteroatoms. The fraction of sp³-hybridized carbons (Fsp3) is 0.471. The van der Waals surface area contributed by atoms with Gasteiger partial charge in [-0.2, -0.15) is 0 Å². The van der Waals surface area contributed by atoms with Crippen molar-refractivity contribution in [3.05, 3.63) is 30.4 Å². The van der Waals surface area contributed by atoms with Crippen LogP contribution in [0.1, 0.15) is 23.2 Å². The van der Waals surface area contributed by atoms with Gasteiger partial charge in [0.25, 0.3) is 5.91 Å². The van der Waals surface area contributed by atoms with Gasteiger partial charge in [0.1, 0.15) is 0 Å². The molecule has 26 heavy (non-hydrogen) atoms. The zero-order valence-electron chi connectivity index (χ0n) is 15.0. The molecule has 0 radical (unpaired) electrons. The second kappa shape index (κ2) is 8.52. The van der Waals surface area contributed by atoms with E-state index in [2.05, 4.69) is 16.8 Å². The van der Waals surface area contributed by atoms with Gasteiger partial charge in [0.15, 0.2) is 11.5 Å². The number of nitrogens with two attached hydrogens (primary N) is 1. The third-order valence-corrected chi connectivity index (χ3v) is 5.28. The van der Waals surface area contributed by atoms with Gasteiger partial charge in [-0.15, -0.1) is 6.58 Å². The summed E-state index contributed by atoms with van der Waals surface area (Å²) in [4.78, 5) is 14.7. The van der Waals surface area contributed by atoms with Gasteiger partial charge in [0.05, 0.1) is 24.7 Å². The molecule has 1 atom stereocenters. The number of nitrogens with zero attached hydrogens (tertiary/aromatic N) is 1. The topological polar surface area (TPSA) is 111 Å². The van der Waals surface area contributed by atoms with Crippen LogP contribution in [0.15, 0.2) is 29.7 Å². The number of nitrogens with one attached hydrogen (secondary N) is 1. The minimum atomic E-state index is -4.00. The Balaban J connectivity index is 2.25. The normalized spacial score (nSPS) is 17.7. The number of benzene rings is 1. The molecular formula is C17H25N3O5S. The van der Waals surface area contributed by atoms with Gasteiger partial charge in [-0.05, 0) is 25.5 Å². The lowest BCUT2D eigenvalue weighted by Crippen LogP contribution is -2.40. The third-order valence-electron chi connectivity index (χ3n) is 4.39.